The molecule has 0 aromatic heterocycles. The van der Waals surface area contributed by atoms with Crippen molar-refractivity contribution in [2.24, 2.45) is 5.92 Å². The first-order valence-electron chi connectivity index (χ1n) is 7.62. The Balaban J connectivity index is 1.46. The second-order valence-corrected chi connectivity index (χ2v) is 6.80. The van der Waals surface area contributed by atoms with Crippen molar-refractivity contribution >= 4 is 41.0 Å². The first-order valence-corrected chi connectivity index (χ1v) is 8.37. The molecule has 25 heavy (non-hydrogen) atoms. The van der Waals surface area contributed by atoms with Crippen molar-refractivity contribution in [1.82, 2.24) is 5.06 Å². The molecule has 0 unspecified atom stereocenters. The molecular weight excluding hydrogens is 365 g/mol. The smallest absolute Gasteiger partial charge is 0.329 e. The fourth-order valence-electron chi connectivity index (χ4n) is 2.97. The van der Waals surface area contributed by atoms with E-state index in [2.05, 4.69) is 0 Å². The van der Waals surface area contributed by atoms with Gasteiger partial charge in [0, 0.05) is 0 Å². The minimum absolute atomic E-state index is 0.0579. The highest BCUT2D eigenvalue weighted by Crippen LogP contribution is 2.49. The molecule has 0 saturated heterocycles. The fourth-order valence-corrected chi connectivity index (χ4v) is 3.28. The van der Waals surface area contributed by atoms with Gasteiger partial charge in [0.1, 0.15) is 0 Å². The van der Waals surface area contributed by atoms with Crippen molar-refractivity contribution in [1.29, 1.82) is 0 Å². The molecule has 1 fully saturated rings. The Kier molecular flexibility index (Phi) is 3.78. The molecular formula is C18H11Cl2NO4. The van der Waals surface area contributed by atoms with Crippen molar-refractivity contribution in [3.05, 3.63) is 69.2 Å². The summed E-state index contributed by atoms with van der Waals surface area (Å²) >= 11 is 11.9. The van der Waals surface area contributed by atoms with Crippen LogP contribution in [0.3, 0.4) is 0 Å². The highest BCUT2D eigenvalue weighted by atomic mass is 35.5. The van der Waals surface area contributed by atoms with Gasteiger partial charge in [-0.25, -0.2) is 4.79 Å². The van der Waals surface area contributed by atoms with Crippen LogP contribution >= 0.6 is 23.2 Å². The largest absolute Gasteiger partial charge is 0.336 e. The van der Waals surface area contributed by atoms with Crippen LogP contribution in [0, 0.1) is 5.92 Å². The van der Waals surface area contributed by atoms with Crippen LogP contribution in [0.5, 0.6) is 0 Å². The van der Waals surface area contributed by atoms with Crippen molar-refractivity contribution < 1.29 is 19.2 Å². The summed E-state index contributed by atoms with van der Waals surface area (Å²) < 4.78 is 0. The molecule has 1 aliphatic heterocycles. The van der Waals surface area contributed by atoms with Crippen molar-refractivity contribution in [2.75, 3.05) is 0 Å². The van der Waals surface area contributed by atoms with Gasteiger partial charge in [-0.2, -0.15) is 0 Å². The Labute approximate surface area is 153 Å². The van der Waals surface area contributed by atoms with E-state index in [9.17, 15) is 14.4 Å². The van der Waals surface area contributed by atoms with E-state index in [1.165, 1.54) is 12.1 Å². The summed E-state index contributed by atoms with van der Waals surface area (Å²) in [5.41, 5.74) is 1.34. The average Bonchev–Trinajstić information content (AvgIpc) is 3.37. The fraction of sp³-hybridized carbons (Fsp3) is 0.167. The van der Waals surface area contributed by atoms with Crippen molar-refractivity contribution in [3.63, 3.8) is 0 Å². The number of imide groups is 1. The summed E-state index contributed by atoms with van der Waals surface area (Å²) in [6.45, 7) is 0. The number of rotatable bonds is 3. The number of nitrogens with zero attached hydrogens (tertiary/aromatic N) is 1. The molecule has 0 radical (unpaired) electrons. The first kappa shape index (κ1) is 16.1. The van der Waals surface area contributed by atoms with E-state index >= 15 is 0 Å². The summed E-state index contributed by atoms with van der Waals surface area (Å²) in [5.74, 6) is -2.33. The quantitative estimate of drug-likeness (QED) is 0.764. The van der Waals surface area contributed by atoms with Gasteiger partial charge in [-0.3, -0.25) is 9.59 Å². The Hall–Kier alpha value is -2.37. The topological polar surface area (TPSA) is 63.7 Å². The molecule has 2 amide bonds. The number of carbonyl (C=O) groups excluding carboxylic acids is 3. The third kappa shape index (κ3) is 2.69. The predicted molar refractivity (Wildman–Crippen MR) is 90.3 cm³/mol. The minimum atomic E-state index is -0.624. The maximum atomic E-state index is 12.3. The molecule has 1 aliphatic carbocycles. The molecule has 126 valence electrons. The maximum absolute atomic E-state index is 12.3. The number of fused-ring (bicyclic) bond motifs is 1. The molecule has 0 bridgehead atoms. The number of halogens is 2. The zero-order chi connectivity index (χ0) is 17.7. The lowest BCUT2D eigenvalue weighted by molar-refractivity contribution is -0.170. The SMILES string of the molecule is O=C(ON1C(=O)c2ccccc2C1=O)[C@@H]1C[C@H]1c1ccc(Cl)c(Cl)c1. The van der Waals surface area contributed by atoms with Gasteiger partial charge in [-0.05, 0) is 42.2 Å². The monoisotopic (exact) mass is 375 g/mol. The van der Waals surface area contributed by atoms with Gasteiger partial charge in [0.25, 0.3) is 11.8 Å². The average molecular weight is 376 g/mol. The molecule has 2 aliphatic rings. The second kappa shape index (κ2) is 5.86. The van der Waals surface area contributed by atoms with E-state index in [1.807, 2.05) is 0 Å². The Morgan fingerprint density at radius 1 is 1.00 bits per heavy atom. The number of hydrogen-bond acceptors (Lipinski definition) is 4. The highest BCUT2D eigenvalue weighted by Gasteiger charge is 2.48. The lowest BCUT2D eigenvalue weighted by Gasteiger charge is -2.12. The van der Waals surface area contributed by atoms with Crippen LogP contribution in [-0.4, -0.2) is 22.8 Å². The Morgan fingerprint density at radius 2 is 1.64 bits per heavy atom. The van der Waals surface area contributed by atoms with E-state index in [0.29, 0.717) is 21.5 Å². The second-order valence-electron chi connectivity index (χ2n) is 5.98. The lowest BCUT2D eigenvalue weighted by Crippen LogP contribution is -2.33. The molecule has 0 N–H and O–H groups in total. The van der Waals surface area contributed by atoms with Crippen LogP contribution in [0.1, 0.15) is 38.6 Å². The van der Waals surface area contributed by atoms with Crippen LogP contribution in [-0.2, 0) is 9.63 Å². The van der Waals surface area contributed by atoms with Gasteiger partial charge in [0.15, 0.2) is 0 Å². The van der Waals surface area contributed by atoms with E-state index in [4.69, 9.17) is 28.0 Å². The number of benzene rings is 2. The number of hydrogen-bond donors (Lipinski definition) is 0. The van der Waals surface area contributed by atoms with Crippen LogP contribution < -0.4 is 0 Å². The summed E-state index contributed by atoms with van der Waals surface area (Å²) in [6, 6.07) is 11.5. The minimum Gasteiger partial charge on any atom is -0.329 e. The van der Waals surface area contributed by atoms with Crippen molar-refractivity contribution in [3.8, 4) is 0 Å². The number of hydroxylamine groups is 2. The molecule has 7 heteroatoms. The normalized spacial score (nSPS) is 21.3. The maximum Gasteiger partial charge on any atom is 0.336 e. The summed E-state index contributed by atoms with van der Waals surface area (Å²) in [5, 5.41) is 1.40. The standard InChI is InChI=1S/C18H11Cl2NO4/c19-14-6-5-9(7-15(14)20)12-8-13(12)18(24)25-21-16(22)10-3-1-2-4-11(10)17(21)23/h1-7,12-13H,8H2/t12-,13+/m0/s1. The molecule has 1 saturated carbocycles. The number of carbonyl (C=O) groups is 3. The lowest BCUT2D eigenvalue weighted by atomic mass is 10.1. The van der Waals surface area contributed by atoms with Crippen LogP contribution in [0.4, 0.5) is 0 Å². The Morgan fingerprint density at radius 3 is 2.24 bits per heavy atom. The summed E-state index contributed by atoms with van der Waals surface area (Å²) in [7, 11) is 0. The third-order valence-electron chi connectivity index (χ3n) is 4.40. The van der Waals surface area contributed by atoms with Crippen LogP contribution in [0.25, 0.3) is 0 Å². The molecule has 2 aromatic rings. The van der Waals surface area contributed by atoms with Crippen LogP contribution in [0.2, 0.25) is 10.0 Å². The van der Waals surface area contributed by atoms with Gasteiger partial charge >= 0.3 is 5.97 Å². The first-order chi connectivity index (χ1) is 12.0. The third-order valence-corrected chi connectivity index (χ3v) is 5.14. The van der Waals surface area contributed by atoms with E-state index in [0.717, 1.165) is 5.56 Å². The highest BCUT2D eigenvalue weighted by molar-refractivity contribution is 6.42. The van der Waals surface area contributed by atoms with E-state index < -0.39 is 23.7 Å². The zero-order valence-corrected chi connectivity index (χ0v) is 14.3. The Bertz CT molecular complexity index is 892. The molecule has 5 nitrogen and oxygen atoms in total. The van der Waals surface area contributed by atoms with E-state index in [-0.39, 0.29) is 17.0 Å². The van der Waals surface area contributed by atoms with Gasteiger partial charge < -0.3 is 4.84 Å². The van der Waals surface area contributed by atoms with Crippen LogP contribution in [0.15, 0.2) is 42.5 Å². The summed E-state index contributed by atoms with van der Waals surface area (Å²) in [6.07, 6.45) is 0.569. The molecule has 1 heterocycles. The molecule has 2 aromatic carbocycles. The van der Waals surface area contributed by atoms with Gasteiger partial charge in [-0.15, -0.1) is 0 Å². The molecule has 2 atom stereocenters. The van der Waals surface area contributed by atoms with E-state index in [1.54, 1.807) is 30.3 Å². The zero-order valence-electron chi connectivity index (χ0n) is 12.7. The predicted octanol–water partition coefficient (Wildman–Crippen LogP) is 3.85. The van der Waals surface area contributed by atoms with Gasteiger partial charge in [-0.1, -0.05) is 46.5 Å². The summed E-state index contributed by atoms with van der Waals surface area (Å²) in [4.78, 5) is 41.8. The van der Waals surface area contributed by atoms with Gasteiger partial charge in [0.2, 0.25) is 0 Å². The number of amides is 2. The molecule has 4 rings (SSSR count). The van der Waals surface area contributed by atoms with Gasteiger partial charge in [0.05, 0.1) is 27.1 Å². The molecule has 0 spiro atoms. The van der Waals surface area contributed by atoms with Crippen molar-refractivity contribution in [2.45, 2.75) is 12.3 Å².